The van der Waals surface area contributed by atoms with Crippen molar-refractivity contribution < 1.29 is 27.8 Å². The number of ether oxygens (including phenoxy) is 2. The zero-order valence-corrected chi connectivity index (χ0v) is 19.7. The van der Waals surface area contributed by atoms with Crippen LogP contribution < -0.4 is 20.7 Å². The topological polar surface area (TPSA) is 146 Å². The molecule has 0 radical (unpaired) electrons. The van der Waals surface area contributed by atoms with Gasteiger partial charge in [0.15, 0.2) is 0 Å². The average Bonchev–Trinajstić information content (AvgIpc) is 2.85. The molecule has 1 unspecified atom stereocenters. The molecule has 11 nitrogen and oxygen atoms in total. The minimum atomic E-state index is -4.18. The number of benzene rings is 2. The number of aliphatic carboxylic acids is 1. The van der Waals surface area contributed by atoms with Crippen LogP contribution in [0.1, 0.15) is 12.0 Å². The van der Waals surface area contributed by atoms with Crippen molar-refractivity contribution in [3.8, 4) is 5.75 Å². The van der Waals surface area contributed by atoms with E-state index in [0.717, 1.165) is 16.2 Å². The van der Waals surface area contributed by atoms with Crippen molar-refractivity contribution in [2.45, 2.75) is 37.2 Å². The van der Waals surface area contributed by atoms with Crippen molar-refractivity contribution in [2.75, 3.05) is 7.11 Å². The Morgan fingerprint density at radius 2 is 1.74 bits per heavy atom. The lowest BCUT2D eigenvalue weighted by atomic mass is 10.2. The number of sulfonamides is 1. The van der Waals surface area contributed by atoms with Crippen LogP contribution in [-0.4, -0.2) is 41.8 Å². The third-order valence-electron chi connectivity index (χ3n) is 5.09. The van der Waals surface area contributed by atoms with Gasteiger partial charge in [-0.2, -0.15) is 4.72 Å². The molecule has 1 aromatic heterocycles. The fourth-order valence-electron chi connectivity index (χ4n) is 3.20. The zero-order valence-electron chi connectivity index (χ0n) is 18.9. The van der Waals surface area contributed by atoms with Gasteiger partial charge in [-0.15, -0.1) is 0 Å². The second-order valence-corrected chi connectivity index (χ2v) is 9.21. The van der Waals surface area contributed by atoms with Gasteiger partial charge in [0.2, 0.25) is 10.0 Å². The number of methoxy groups -OCH3 is 1. The minimum Gasteiger partial charge on any atom is -0.497 e. The fourth-order valence-corrected chi connectivity index (χ4v) is 4.42. The number of hydrogen-bond donors (Lipinski definition) is 2. The van der Waals surface area contributed by atoms with Crippen molar-refractivity contribution in [3.05, 3.63) is 93.3 Å². The molecule has 0 bridgehead atoms. The first-order chi connectivity index (χ1) is 16.7. The number of nitrogens with one attached hydrogen (secondary N) is 1. The van der Waals surface area contributed by atoms with E-state index in [-0.39, 0.29) is 31.2 Å². The molecule has 0 aliphatic carbocycles. The maximum absolute atomic E-state index is 12.7. The van der Waals surface area contributed by atoms with Gasteiger partial charge in [-0.1, -0.05) is 30.3 Å². The first-order valence-electron chi connectivity index (χ1n) is 10.5. The minimum absolute atomic E-state index is 0.125. The predicted octanol–water partition coefficient (Wildman–Crippen LogP) is 1.01. The Labute approximate surface area is 201 Å². The quantitative estimate of drug-likeness (QED) is 0.372. The molecule has 0 aliphatic rings. The van der Waals surface area contributed by atoms with Crippen LogP contribution in [0.5, 0.6) is 5.75 Å². The maximum Gasteiger partial charge on any atom is 0.332 e. The summed E-state index contributed by atoms with van der Waals surface area (Å²) in [6.45, 7) is -0.194. The predicted molar refractivity (Wildman–Crippen MR) is 126 cm³/mol. The molecule has 1 atom stereocenters. The van der Waals surface area contributed by atoms with Crippen LogP contribution in [-0.2, 0) is 39.4 Å². The standard InChI is InChI=1S/C23H25N3O8S/c1-33-18-7-9-19(10-8-18)35(31,32)24-20(22(28)29)11-14-26-21(27)12-13-25(23(26)30)16-34-15-17-5-3-2-4-6-17/h2-10,12-13,20,24H,11,14-16H2,1H3,(H,28,29). The van der Waals surface area contributed by atoms with E-state index in [9.17, 15) is 27.9 Å². The van der Waals surface area contributed by atoms with Crippen LogP contribution in [0.4, 0.5) is 0 Å². The SMILES string of the molecule is COc1ccc(S(=O)(=O)NC(CCn2c(=O)ccn(COCc3ccccc3)c2=O)C(=O)O)cc1. The first kappa shape index (κ1) is 25.9. The molecule has 12 heteroatoms. The molecule has 0 aliphatic heterocycles. The van der Waals surface area contributed by atoms with Crippen LogP contribution >= 0.6 is 0 Å². The molecule has 2 N–H and O–H groups in total. The smallest absolute Gasteiger partial charge is 0.332 e. The Morgan fingerprint density at radius 1 is 1.06 bits per heavy atom. The highest BCUT2D eigenvalue weighted by Crippen LogP contribution is 2.16. The number of rotatable bonds is 12. The van der Waals surface area contributed by atoms with Gasteiger partial charge >= 0.3 is 11.7 Å². The van der Waals surface area contributed by atoms with Crippen molar-refractivity contribution in [1.29, 1.82) is 0 Å². The third-order valence-corrected chi connectivity index (χ3v) is 6.58. The van der Waals surface area contributed by atoms with E-state index in [2.05, 4.69) is 4.72 Å². The van der Waals surface area contributed by atoms with E-state index in [0.29, 0.717) is 5.75 Å². The number of hydrogen-bond acceptors (Lipinski definition) is 7. The van der Waals surface area contributed by atoms with Gasteiger partial charge in [-0.05, 0) is 36.2 Å². The van der Waals surface area contributed by atoms with Crippen molar-refractivity contribution in [1.82, 2.24) is 13.9 Å². The van der Waals surface area contributed by atoms with Gasteiger partial charge in [-0.3, -0.25) is 18.7 Å². The first-order valence-corrected chi connectivity index (χ1v) is 12.0. The van der Waals surface area contributed by atoms with Gasteiger partial charge in [-0.25, -0.2) is 13.2 Å². The second-order valence-electron chi connectivity index (χ2n) is 7.50. The molecule has 3 aromatic rings. The summed E-state index contributed by atoms with van der Waals surface area (Å²) in [6, 6.07) is 14.3. The van der Waals surface area contributed by atoms with Gasteiger partial charge < -0.3 is 14.6 Å². The molecule has 35 heavy (non-hydrogen) atoms. The van der Waals surface area contributed by atoms with E-state index in [1.54, 1.807) is 0 Å². The Hall–Kier alpha value is -3.74. The highest BCUT2D eigenvalue weighted by Gasteiger charge is 2.26. The van der Waals surface area contributed by atoms with E-state index in [1.807, 2.05) is 30.3 Å². The largest absolute Gasteiger partial charge is 0.497 e. The molecular weight excluding hydrogens is 478 g/mol. The van der Waals surface area contributed by atoms with Gasteiger partial charge in [0.1, 0.15) is 18.5 Å². The summed E-state index contributed by atoms with van der Waals surface area (Å²) in [5.41, 5.74) is -0.438. The lowest BCUT2D eigenvalue weighted by Gasteiger charge is -2.16. The second kappa shape index (κ2) is 11.6. The third kappa shape index (κ3) is 6.88. The Balaban J connectivity index is 1.69. The van der Waals surface area contributed by atoms with Crippen LogP contribution in [0, 0.1) is 0 Å². The van der Waals surface area contributed by atoms with Gasteiger partial charge in [0.25, 0.3) is 5.56 Å². The monoisotopic (exact) mass is 503 g/mol. The molecule has 0 spiro atoms. The van der Waals surface area contributed by atoms with Gasteiger partial charge in [0.05, 0.1) is 18.6 Å². The number of carboxylic acid groups (broad SMARTS) is 1. The zero-order chi connectivity index (χ0) is 25.4. The van der Waals surface area contributed by atoms with Crippen molar-refractivity contribution >= 4 is 16.0 Å². The summed E-state index contributed by atoms with van der Waals surface area (Å²) in [5, 5.41) is 9.52. The summed E-state index contributed by atoms with van der Waals surface area (Å²) < 4.78 is 39.9. The number of nitrogens with zero attached hydrogens (tertiary/aromatic N) is 2. The highest BCUT2D eigenvalue weighted by molar-refractivity contribution is 7.89. The Morgan fingerprint density at radius 3 is 2.37 bits per heavy atom. The lowest BCUT2D eigenvalue weighted by Crippen LogP contribution is -2.44. The summed E-state index contributed by atoms with van der Waals surface area (Å²) in [6.07, 6.45) is 0.946. The van der Waals surface area contributed by atoms with Gasteiger partial charge in [0, 0.05) is 18.8 Å². The van der Waals surface area contributed by atoms with Crippen LogP contribution in [0.25, 0.3) is 0 Å². The fraction of sp³-hybridized carbons (Fsp3) is 0.261. The number of carbonyl (C=O) groups is 1. The van der Waals surface area contributed by atoms with Crippen molar-refractivity contribution in [2.24, 2.45) is 0 Å². The molecule has 0 fully saturated rings. The highest BCUT2D eigenvalue weighted by atomic mass is 32.2. The molecular formula is C23H25N3O8S. The summed E-state index contributed by atoms with van der Waals surface area (Å²) >= 11 is 0. The molecule has 1 heterocycles. The maximum atomic E-state index is 12.7. The van der Waals surface area contributed by atoms with E-state index in [1.165, 1.54) is 42.1 Å². The van der Waals surface area contributed by atoms with Crippen LogP contribution in [0.2, 0.25) is 0 Å². The normalized spacial score (nSPS) is 12.3. The summed E-state index contributed by atoms with van der Waals surface area (Å²) in [4.78, 5) is 36.5. The molecule has 2 aromatic carbocycles. The average molecular weight is 504 g/mol. The summed E-state index contributed by atoms with van der Waals surface area (Å²) in [7, 11) is -2.75. The lowest BCUT2D eigenvalue weighted by molar-refractivity contribution is -0.139. The molecule has 186 valence electrons. The number of aromatic nitrogens is 2. The van der Waals surface area contributed by atoms with E-state index >= 15 is 0 Å². The van der Waals surface area contributed by atoms with E-state index < -0.39 is 33.3 Å². The van der Waals surface area contributed by atoms with Crippen molar-refractivity contribution in [3.63, 3.8) is 0 Å². The summed E-state index contributed by atoms with van der Waals surface area (Å²) in [5.74, 6) is -1.01. The molecule has 0 saturated carbocycles. The Bertz CT molecular complexity index is 1370. The van der Waals surface area contributed by atoms with Crippen LogP contribution in [0.15, 0.2) is 81.3 Å². The number of carboxylic acids is 1. The molecule has 3 rings (SSSR count). The van der Waals surface area contributed by atoms with Crippen LogP contribution in [0.3, 0.4) is 0 Å². The Kier molecular flexibility index (Phi) is 8.58. The molecule has 0 amide bonds. The van der Waals surface area contributed by atoms with E-state index in [4.69, 9.17) is 9.47 Å². The molecule has 0 saturated heterocycles.